The second kappa shape index (κ2) is 5.95. The molecular formula is C21H21N3O2. The standard InChI is InChI=1S/C21H21N3O2/c25-20-18-5-1-2-6-19(18)21(26)24(20)16-9-7-15(8-10-16)23-13-12-22-11-3-4-17(22)14-23/h1-2,5-10,17H,3-4,11-14H2. The fourth-order valence-electron chi connectivity index (χ4n) is 4.46. The van der Waals surface area contributed by atoms with Crippen molar-refractivity contribution in [2.45, 2.75) is 18.9 Å². The maximum atomic E-state index is 12.6. The van der Waals surface area contributed by atoms with Crippen LogP contribution in [-0.2, 0) is 0 Å². The average molecular weight is 347 g/mol. The Morgan fingerprint density at radius 3 is 2.12 bits per heavy atom. The first-order chi connectivity index (χ1) is 12.7. The van der Waals surface area contributed by atoms with Gasteiger partial charge in [0.25, 0.3) is 11.8 Å². The van der Waals surface area contributed by atoms with Gasteiger partial charge in [-0.1, -0.05) is 12.1 Å². The maximum absolute atomic E-state index is 12.6. The van der Waals surface area contributed by atoms with Crippen LogP contribution in [0.5, 0.6) is 0 Å². The minimum Gasteiger partial charge on any atom is -0.369 e. The Kier molecular flexibility index (Phi) is 3.57. The third-order valence-electron chi connectivity index (χ3n) is 5.85. The van der Waals surface area contributed by atoms with E-state index >= 15 is 0 Å². The number of nitrogens with zero attached hydrogens (tertiary/aromatic N) is 3. The van der Waals surface area contributed by atoms with E-state index in [0.29, 0.717) is 22.9 Å². The third-order valence-corrected chi connectivity index (χ3v) is 5.85. The zero-order chi connectivity index (χ0) is 17.7. The zero-order valence-corrected chi connectivity index (χ0v) is 14.6. The lowest BCUT2D eigenvalue weighted by atomic mass is 10.1. The van der Waals surface area contributed by atoms with Crippen molar-refractivity contribution in [3.63, 3.8) is 0 Å². The van der Waals surface area contributed by atoms with Gasteiger partial charge in [0, 0.05) is 31.4 Å². The molecule has 5 heteroatoms. The van der Waals surface area contributed by atoms with E-state index in [1.54, 1.807) is 24.3 Å². The van der Waals surface area contributed by atoms with Crippen molar-refractivity contribution in [3.8, 4) is 0 Å². The third kappa shape index (κ3) is 2.35. The molecule has 2 saturated heterocycles. The highest BCUT2D eigenvalue weighted by molar-refractivity contribution is 6.34. The van der Waals surface area contributed by atoms with E-state index in [-0.39, 0.29) is 11.8 Å². The molecule has 3 heterocycles. The van der Waals surface area contributed by atoms with E-state index in [0.717, 1.165) is 25.3 Å². The van der Waals surface area contributed by atoms with Gasteiger partial charge in [0.2, 0.25) is 0 Å². The number of anilines is 2. The van der Waals surface area contributed by atoms with Gasteiger partial charge < -0.3 is 4.90 Å². The van der Waals surface area contributed by atoms with Gasteiger partial charge in [0.15, 0.2) is 0 Å². The topological polar surface area (TPSA) is 43.9 Å². The Morgan fingerprint density at radius 2 is 1.42 bits per heavy atom. The summed E-state index contributed by atoms with van der Waals surface area (Å²) in [5.74, 6) is -0.476. The van der Waals surface area contributed by atoms with Crippen molar-refractivity contribution in [2.24, 2.45) is 0 Å². The van der Waals surface area contributed by atoms with Crippen molar-refractivity contribution >= 4 is 23.2 Å². The number of benzene rings is 2. The van der Waals surface area contributed by atoms with Crippen molar-refractivity contribution in [1.29, 1.82) is 0 Å². The molecule has 1 unspecified atom stereocenters. The zero-order valence-electron chi connectivity index (χ0n) is 14.6. The van der Waals surface area contributed by atoms with Crippen molar-refractivity contribution in [1.82, 2.24) is 4.90 Å². The summed E-state index contributed by atoms with van der Waals surface area (Å²) in [7, 11) is 0. The molecule has 2 amide bonds. The Labute approximate surface area is 152 Å². The molecule has 3 aliphatic heterocycles. The van der Waals surface area contributed by atoms with Gasteiger partial charge in [-0.05, 0) is 55.8 Å². The summed E-state index contributed by atoms with van der Waals surface area (Å²) in [6.45, 7) is 4.44. The monoisotopic (exact) mass is 347 g/mol. The van der Waals surface area contributed by atoms with E-state index in [4.69, 9.17) is 0 Å². The number of amides is 2. The quantitative estimate of drug-likeness (QED) is 0.784. The van der Waals surface area contributed by atoms with Crippen LogP contribution >= 0.6 is 0 Å². The first-order valence-electron chi connectivity index (χ1n) is 9.29. The van der Waals surface area contributed by atoms with Crippen LogP contribution in [0.3, 0.4) is 0 Å². The lowest BCUT2D eigenvalue weighted by molar-refractivity contribution is 0.0926. The molecule has 0 bridgehead atoms. The van der Waals surface area contributed by atoms with Gasteiger partial charge >= 0.3 is 0 Å². The summed E-state index contributed by atoms with van der Waals surface area (Å²) < 4.78 is 0. The summed E-state index contributed by atoms with van der Waals surface area (Å²) in [5.41, 5.74) is 2.77. The molecule has 2 fully saturated rings. The Bertz CT molecular complexity index is 842. The summed E-state index contributed by atoms with van der Waals surface area (Å²) in [6.07, 6.45) is 2.58. The number of rotatable bonds is 2. The summed E-state index contributed by atoms with van der Waals surface area (Å²) in [6, 6.07) is 15.5. The number of carbonyl (C=O) groups excluding carboxylic acids is 2. The van der Waals surface area contributed by atoms with E-state index in [1.165, 1.54) is 24.3 Å². The second-order valence-electron chi connectivity index (χ2n) is 7.29. The molecule has 1 atom stereocenters. The van der Waals surface area contributed by atoms with Crippen molar-refractivity contribution in [2.75, 3.05) is 36.0 Å². The Morgan fingerprint density at radius 1 is 0.769 bits per heavy atom. The highest BCUT2D eigenvalue weighted by Crippen LogP contribution is 2.31. The lowest BCUT2D eigenvalue weighted by Crippen LogP contribution is -2.50. The minimum absolute atomic E-state index is 0.238. The summed E-state index contributed by atoms with van der Waals surface area (Å²) in [5, 5.41) is 0. The van der Waals surface area contributed by atoms with Gasteiger partial charge in [-0.3, -0.25) is 14.5 Å². The van der Waals surface area contributed by atoms with E-state index in [1.807, 2.05) is 24.3 Å². The molecule has 26 heavy (non-hydrogen) atoms. The molecule has 3 aliphatic rings. The second-order valence-corrected chi connectivity index (χ2v) is 7.29. The number of fused-ring (bicyclic) bond motifs is 2. The molecule has 0 aromatic heterocycles. The van der Waals surface area contributed by atoms with Gasteiger partial charge in [0.05, 0.1) is 16.8 Å². The van der Waals surface area contributed by atoms with Gasteiger partial charge in [-0.2, -0.15) is 0 Å². The van der Waals surface area contributed by atoms with Crippen LogP contribution in [0.25, 0.3) is 0 Å². The van der Waals surface area contributed by atoms with Crippen LogP contribution in [-0.4, -0.2) is 48.9 Å². The highest BCUT2D eigenvalue weighted by atomic mass is 16.2. The van der Waals surface area contributed by atoms with Crippen LogP contribution < -0.4 is 9.80 Å². The SMILES string of the molecule is O=C1c2ccccc2C(=O)N1c1ccc(N2CCN3CCCC3C2)cc1. The fraction of sp³-hybridized carbons (Fsp3) is 0.333. The Hall–Kier alpha value is -2.66. The van der Waals surface area contributed by atoms with E-state index in [9.17, 15) is 9.59 Å². The molecule has 0 aliphatic carbocycles. The number of imide groups is 1. The predicted octanol–water partition coefficient (Wildman–Crippen LogP) is 2.77. The van der Waals surface area contributed by atoms with E-state index < -0.39 is 0 Å². The Balaban J connectivity index is 1.38. The van der Waals surface area contributed by atoms with Gasteiger partial charge in [-0.25, -0.2) is 4.90 Å². The number of hydrogen-bond donors (Lipinski definition) is 0. The van der Waals surface area contributed by atoms with Crippen LogP contribution in [0.15, 0.2) is 48.5 Å². The number of piperazine rings is 1. The van der Waals surface area contributed by atoms with Crippen molar-refractivity contribution < 1.29 is 9.59 Å². The normalized spacial score (nSPS) is 22.7. The molecule has 5 rings (SSSR count). The first kappa shape index (κ1) is 15.6. The molecule has 0 saturated carbocycles. The predicted molar refractivity (Wildman–Crippen MR) is 101 cm³/mol. The molecule has 2 aromatic carbocycles. The highest BCUT2D eigenvalue weighted by Gasteiger charge is 2.36. The van der Waals surface area contributed by atoms with Crippen LogP contribution in [0.4, 0.5) is 11.4 Å². The maximum Gasteiger partial charge on any atom is 0.266 e. The van der Waals surface area contributed by atoms with Gasteiger partial charge in [0.1, 0.15) is 0 Å². The first-order valence-corrected chi connectivity index (χ1v) is 9.29. The van der Waals surface area contributed by atoms with Crippen molar-refractivity contribution in [3.05, 3.63) is 59.7 Å². The number of carbonyl (C=O) groups is 2. The largest absolute Gasteiger partial charge is 0.369 e. The lowest BCUT2D eigenvalue weighted by Gasteiger charge is -2.38. The molecule has 0 spiro atoms. The molecule has 2 aromatic rings. The molecule has 0 N–H and O–H groups in total. The smallest absolute Gasteiger partial charge is 0.266 e. The minimum atomic E-state index is -0.238. The summed E-state index contributed by atoms with van der Waals surface area (Å²) in [4.78, 5) is 31.5. The molecule has 0 radical (unpaired) electrons. The molecule has 5 nitrogen and oxygen atoms in total. The average Bonchev–Trinajstić information content (AvgIpc) is 3.25. The van der Waals surface area contributed by atoms with Crippen LogP contribution in [0.2, 0.25) is 0 Å². The fourth-order valence-corrected chi connectivity index (χ4v) is 4.46. The molecule has 132 valence electrons. The van der Waals surface area contributed by atoms with Crippen LogP contribution in [0, 0.1) is 0 Å². The number of hydrogen-bond acceptors (Lipinski definition) is 4. The van der Waals surface area contributed by atoms with Gasteiger partial charge in [-0.15, -0.1) is 0 Å². The van der Waals surface area contributed by atoms with E-state index in [2.05, 4.69) is 9.80 Å². The van der Waals surface area contributed by atoms with Crippen LogP contribution in [0.1, 0.15) is 33.6 Å². The molecular weight excluding hydrogens is 326 g/mol. The summed E-state index contributed by atoms with van der Waals surface area (Å²) >= 11 is 0.